The van der Waals surface area contributed by atoms with E-state index < -0.39 is 12.0 Å². The van der Waals surface area contributed by atoms with E-state index >= 15 is 0 Å². The molecule has 7 heteroatoms. The minimum absolute atomic E-state index is 0.00562. The van der Waals surface area contributed by atoms with Gasteiger partial charge in [0, 0.05) is 5.92 Å². The van der Waals surface area contributed by atoms with Crippen LogP contribution in [0.15, 0.2) is 24.3 Å². The molecule has 1 unspecified atom stereocenters. The van der Waals surface area contributed by atoms with Crippen LogP contribution in [-0.2, 0) is 14.4 Å². The summed E-state index contributed by atoms with van der Waals surface area (Å²) >= 11 is 0. The van der Waals surface area contributed by atoms with Gasteiger partial charge < -0.3 is 4.74 Å². The number of benzene rings is 1. The van der Waals surface area contributed by atoms with Crippen LogP contribution >= 0.6 is 0 Å². The van der Waals surface area contributed by atoms with Crippen molar-refractivity contribution in [2.24, 2.45) is 5.92 Å². The number of ether oxygens (including phenoxy) is 1. The number of carbonyl (C=O) groups excluding carboxylic acids is 3. The molecule has 2 aliphatic rings. The standard InChI is InChI=1S/C15H17N3O4/c1-9-15(21)18(11-4-2-3-5-12(11)22-9)8-13(19)16-17-14(20)10-6-7-10/h2-5,9-10H,6-8H2,1H3,(H,16,19)(H,17,20). The average Bonchev–Trinajstić information content (AvgIpc) is 3.34. The fraction of sp³-hybridized carbons (Fsp3) is 0.400. The molecule has 2 N–H and O–H groups in total. The maximum Gasteiger partial charge on any atom is 0.268 e. The van der Waals surface area contributed by atoms with Gasteiger partial charge in [0.15, 0.2) is 6.10 Å². The summed E-state index contributed by atoms with van der Waals surface area (Å²) in [6.45, 7) is 1.46. The van der Waals surface area contributed by atoms with Gasteiger partial charge in [-0.2, -0.15) is 0 Å². The number of nitrogens with zero attached hydrogens (tertiary/aromatic N) is 1. The lowest BCUT2D eigenvalue weighted by Gasteiger charge is -2.32. The number of nitrogens with one attached hydrogen (secondary N) is 2. The van der Waals surface area contributed by atoms with Gasteiger partial charge in [0.25, 0.3) is 11.8 Å². The quantitative estimate of drug-likeness (QED) is 0.789. The molecule has 0 saturated heterocycles. The third-order valence-corrected chi connectivity index (χ3v) is 3.65. The van der Waals surface area contributed by atoms with Gasteiger partial charge >= 0.3 is 0 Å². The van der Waals surface area contributed by atoms with Crippen molar-refractivity contribution in [3.05, 3.63) is 24.3 Å². The van der Waals surface area contributed by atoms with Crippen molar-refractivity contribution in [1.29, 1.82) is 0 Å². The van der Waals surface area contributed by atoms with Gasteiger partial charge in [0.2, 0.25) is 5.91 Å². The fourth-order valence-corrected chi connectivity index (χ4v) is 2.28. The summed E-state index contributed by atoms with van der Waals surface area (Å²) in [5.41, 5.74) is 5.27. The Morgan fingerprint density at radius 3 is 2.73 bits per heavy atom. The van der Waals surface area contributed by atoms with Gasteiger partial charge in [-0.15, -0.1) is 0 Å². The van der Waals surface area contributed by atoms with Crippen LogP contribution in [0.2, 0.25) is 0 Å². The molecule has 0 bridgehead atoms. The van der Waals surface area contributed by atoms with Crippen LogP contribution in [0, 0.1) is 5.92 Å². The molecular formula is C15H17N3O4. The minimum Gasteiger partial charge on any atom is -0.479 e. The predicted octanol–water partition coefficient (Wildman–Crippen LogP) is 0.358. The van der Waals surface area contributed by atoms with Crippen molar-refractivity contribution in [2.45, 2.75) is 25.9 Å². The molecule has 0 aromatic heterocycles. The highest BCUT2D eigenvalue weighted by Crippen LogP contribution is 2.33. The SMILES string of the molecule is CC1Oc2ccccc2N(CC(=O)NNC(=O)C2CC2)C1=O. The first-order chi connectivity index (χ1) is 10.6. The first-order valence-corrected chi connectivity index (χ1v) is 7.22. The molecule has 7 nitrogen and oxygen atoms in total. The summed E-state index contributed by atoms with van der Waals surface area (Å²) in [6.07, 6.45) is 1.06. The summed E-state index contributed by atoms with van der Waals surface area (Å²) in [4.78, 5) is 37.0. The fourth-order valence-electron chi connectivity index (χ4n) is 2.28. The molecule has 3 amide bonds. The molecule has 1 aromatic rings. The van der Waals surface area contributed by atoms with E-state index in [-0.39, 0.29) is 24.3 Å². The van der Waals surface area contributed by atoms with Crippen LogP contribution in [-0.4, -0.2) is 30.4 Å². The number of anilines is 1. The van der Waals surface area contributed by atoms with Crippen LogP contribution in [0.4, 0.5) is 5.69 Å². The van der Waals surface area contributed by atoms with Crippen molar-refractivity contribution >= 4 is 23.4 Å². The van der Waals surface area contributed by atoms with E-state index in [0.717, 1.165) is 12.8 Å². The predicted molar refractivity (Wildman–Crippen MR) is 77.9 cm³/mol. The molecule has 1 aliphatic carbocycles. The Morgan fingerprint density at radius 1 is 1.27 bits per heavy atom. The number of rotatable bonds is 3. The summed E-state index contributed by atoms with van der Waals surface area (Å²) < 4.78 is 5.50. The van der Waals surface area contributed by atoms with Crippen molar-refractivity contribution in [1.82, 2.24) is 10.9 Å². The lowest BCUT2D eigenvalue weighted by atomic mass is 10.2. The van der Waals surface area contributed by atoms with E-state index in [0.29, 0.717) is 11.4 Å². The molecule has 0 radical (unpaired) electrons. The van der Waals surface area contributed by atoms with Gasteiger partial charge in [0.05, 0.1) is 5.69 Å². The summed E-state index contributed by atoms with van der Waals surface area (Å²) in [6, 6.07) is 7.04. The third kappa shape index (κ3) is 2.88. The summed E-state index contributed by atoms with van der Waals surface area (Å²) in [7, 11) is 0. The van der Waals surface area contributed by atoms with E-state index in [1.165, 1.54) is 4.90 Å². The molecule has 1 atom stereocenters. The zero-order valence-corrected chi connectivity index (χ0v) is 12.2. The lowest BCUT2D eigenvalue weighted by Crippen LogP contribution is -2.52. The number of hydrogen-bond acceptors (Lipinski definition) is 4. The molecule has 1 aromatic carbocycles. The van der Waals surface area contributed by atoms with Crippen LogP contribution in [0.25, 0.3) is 0 Å². The number of hydrogen-bond donors (Lipinski definition) is 2. The molecule has 3 rings (SSSR count). The van der Waals surface area contributed by atoms with Gasteiger partial charge in [-0.1, -0.05) is 12.1 Å². The van der Waals surface area contributed by atoms with E-state index in [4.69, 9.17) is 4.74 Å². The van der Waals surface area contributed by atoms with Gasteiger partial charge in [-0.3, -0.25) is 30.1 Å². The minimum atomic E-state index is -0.649. The highest BCUT2D eigenvalue weighted by molar-refractivity contribution is 6.03. The molecule has 0 spiro atoms. The number of para-hydroxylation sites is 2. The molecule has 1 fully saturated rings. The van der Waals surface area contributed by atoms with Gasteiger partial charge in [-0.05, 0) is 31.9 Å². The Bertz CT molecular complexity index is 627. The molecular weight excluding hydrogens is 286 g/mol. The van der Waals surface area contributed by atoms with Crippen molar-refractivity contribution in [3.63, 3.8) is 0 Å². The Kier molecular flexibility index (Phi) is 3.70. The highest BCUT2D eigenvalue weighted by Gasteiger charge is 2.33. The molecule has 22 heavy (non-hydrogen) atoms. The second kappa shape index (κ2) is 5.67. The number of hydrazine groups is 1. The molecule has 1 saturated carbocycles. The Morgan fingerprint density at radius 2 is 2.00 bits per heavy atom. The number of amides is 3. The highest BCUT2D eigenvalue weighted by atomic mass is 16.5. The van der Waals surface area contributed by atoms with E-state index in [1.807, 2.05) is 0 Å². The largest absolute Gasteiger partial charge is 0.479 e. The van der Waals surface area contributed by atoms with Crippen LogP contribution in [0.3, 0.4) is 0 Å². The zero-order valence-electron chi connectivity index (χ0n) is 12.2. The molecule has 1 aliphatic heterocycles. The van der Waals surface area contributed by atoms with Crippen molar-refractivity contribution in [3.8, 4) is 5.75 Å². The average molecular weight is 303 g/mol. The normalized spacial score (nSPS) is 20.0. The van der Waals surface area contributed by atoms with Crippen LogP contribution in [0.1, 0.15) is 19.8 Å². The Balaban J connectivity index is 1.66. The van der Waals surface area contributed by atoms with E-state index in [9.17, 15) is 14.4 Å². The van der Waals surface area contributed by atoms with Gasteiger partial charge in [0.1, 0.15) is 12.3 Å². The number of carbonyl (C=O) groups is 3. The monoisotopic (exact) mass is 303 g/mol. The summed E-state index contributed by atoms with van der Waals surface area (Å²) in [5, 5.41) is 0. The third-order valence-electron chi connectivity index (χ3n) is 3.65. The van der Waals surface area contributed by atoms with Crippen LogP contribution < -0.4 is 20.5 Å². The second-order valence-electron chi connectivity index (χ2n) is 5.46. The lowest BCUT2D eigenvalue weighted by molar-refractivity contribution is -0.130. The maximum absolute atomic E-state index is 12.2. The van der Waals surface area contributed by atoms with E-state index in [2.05, 4.69) is 10.9 Å². The molecule has 1 heterocycles. The van der Waals surface area contributed by atoms with Crippen molar-refractivity contribution in [2.75, 3.05) is 11.4 Å². The first kappa shape index (κ1) is 14.4. The Hall–Kier alpha value is -2.57. The maximum atomic E-state index is 12.2. The number of fused-ring (bicyclic) bond motifs is 1. The first-order valence-electron chi connectivity index (χ1n) is 7.22. The van der Waals surface area contributed by atoms with Crippen LogP contribution in [0.5, 0.6) is 5.75 Å². The van der Waals surface area contributed by atoms with E-state index in [1.54, 1.807) is 31.2 Å². The smallest absolute Gasteiger partial charge is 0.268 e. The summed E-state index contributed by atoms with van der Waals surface area (Å²) in [5.74, 6) is -0.362. The van der Waals surface area contributed by atoms with Crippen molar-refractivity contribution < 1.29 is 19.1 Å². The molecule has 116 valence electrons. The zero-order chi connectivity index (χ0) is 15.7. The van der Waals surface area contributed by atoms with Gasteiger partial charge in [-0.25, -0.2) is 0 Å². The topological polar surface area (TPSA) is 87.7 Å². The Labute approximate surface area is 127 Å². The second-order valence-corrected chi connectivity index (χ2v) is 5.46.